The molecular formula is C21H17N3O4. The number of para-hydroxylation sites is 1. The summed E-state index contributed by atoms with van der Waals surface area (Å²) in [7, 11) is 1.58. The molecular weight excluding hydrogens is 358 g/mol. The monoisotopic (exact) mass is 375 g/mol. The summed E-state index contributed by atoms with van der Waals surface area (Å²) in [4.78, 5) is 17.4. The van der Waals surface area contributed by atoms with Crippen molar-refractivity contribution in [1.29, 1.82) is 0 Å². The van der Waals surface area contributed by atoms with Crippen LogP contribution in [0.3, 0.4) is 0 Å². The molecule has 0 spiro atoms. The van der Waals surface area contributed by atoms with E-state index in [9.17, 15) is 9.90 Å². The van der Waals surface area contributed by atoms with E-state index >= 15 is 0 Å². The van der Waals surface area contributed by atoms with Crippen molar-refractivity contribution in [2.45, 2.75) is 6.54 Å². The van der Waals surface area contributed by atoms with Crippen LogP contribution in [0.2, 0.25) is 0 Å². The van der Waals surface area contributed by atoms with Crippen molar-refractivity contribution in [2.75, 3.05) is 7.11 Å². The molecule has 0 atom stereocenters. The van der Waals surface area contributed by atoms with Gasteiger partial charge in [0.15, 0.2) is 0 Å². The first-order valence-electron chi connectivity index (χ1n) is 8.58. The maximum absolute atomic E-state index is 13.0. The largest absolute Gasteiger partial charge is 0.506 e. The highest BCUT2D eigenvalue weighted by Crippen LogP contribution is 2.33. The summed E-state index contributed by atoms with van der Waals surface area (Å²) < 4.78 is 12.0. The molecule has 0 aliphatic heterocycles. The van der Waals surface area contributed by atoms with Gasteiger partial charge in [-0.15, -0.1) is 6.58 Å². The Bertz CT molecular complexity index is 1220. The SMILES string of the molecule is C=CCn1c(=O)c(-c2nc(-c3ccc(OC)cc3)no2)c(O)c2ccccc21. The summed E-state index contributed by atoms with van der Waals surface area (Å²) >= 11 is 0. The Hall–Kier alpha value is -3.87. The molecule has 0 radical (unpaired) electrons. The lowest BCUT2D eigenvalue weighted by Crippen LogP contribution is -2.22. The van der Waals surface area contributed by atoms with Crippen LogP contribution in [-0.2, 0) is 6.54 Å². The average Bonchev–Trinajstić information content (AvgIpc) is 3.21. The summed E-state index contributed by atoms with van der Waals surface area (Å²) in [6, 6.07) is 14.2. The highest BCUT2D eigenvalue weighted by molar-refractivity contribution is 5.91. The standard InChI is InChI=1S/C21H17N3O4/c1-3-12-24-16-7-5-4-6-15(16)18(25)17(21(24)26)20-22-19(23-28-20)13-8-10-14(27-2)11-9-13/h3-11,25H,1,12H2,2H3. The number of pyridine rings is 1. The summed E-state index contributed by atoms with van der Waals surface area (Å²) in [6.45, 7) is 3.99. The van der Waals surface area contributed by atoms with Crippen LogP contribution in [0.1, 0.15) is 0 Å². The number of methoxy groups -OCH3 is 1. The second-order valence-electron chi connectivity index (χ2n) is 6.10. The van der Waals surface area contributed by atoms with Gasteiger partial charge in [0.05, 0.1) is 12.6 Å². The zero-order valence-corrected chi connectivity index (χ0v) is 15.1. The minimum absolute atomic E-state index is 0.0344. The molecule has 7 nitrogen and oxygen atoms in total. The number of hydrogen-bond donors (Lipinski definition) is 1. The molecule has 140 valence electrons. The van der Waals surface area contributed by atoms with Gasteiger partial charge in [0, 0.05) is 17.5 Å². The second kappa shape index (κ2) is 7.03. The van der Waals surface area contributed by atoms with Gasteiger partial charge in [-0.1, -0.05) is 23.4 Å². The minimum atomic E-state index is -0.430. The number of aromatic nitrogens is 3. The van der Waals surface area contributed by atoms with Crippen molar-refractivity contribution in [2.24, 2.45) is 0 Å². The van der Waals surface area contributed by atoms with Crippen LogP contribution in [-0.4, -0.2) is 26.9 Å². The molecule has 2 aromatic carbocycles. The van der Waals surface area contributed by atoms with Crippen molar-refractivity contribution < 1.29 is 14.4 Å². The molecule has 0 unspecified atom stereocenters. The first kappa shape index (κ1) is 17.5. The molecule has 0 aliphatic rings. The predicted molar refractivity (Wildman–Crippen MR) is 105 cm³/mol. The van der Waals surface area contributed by atoms with Crippen LogP contribution < -0.4 is 10.3 Å². The first-order valence-corrected chi connectivity index (χ1v) is 8.58. The number of nitrogens with zero attached hydrogens (tertiary/aromatic N) is 3. The number of fused-ring (bicyclic) bond motifs is 1. The fourth-order valence-corrected chi connectivity index (χ4v) is 3.08. The lowest BCUT2D eigenvalue weighted by molar-refractivity contribution is 0.414. The topological polar surface area (TPSA) is 90.4 Å². The summed E-state index contributed by atoms with van der Waals surface area (Å²) in [6.07, 6.45) is 1.62. The quantitative estimate of drug-likeness (QED) is 0.536. The Balaban J connectivity index is 1.89. The van der Waals surface area contributed by atoms with Crippen molar-refractivity contribution in [3.63, 3.8) is 0 Å². The number of ether oxygens (including phenoxy) is 1. The average molecular weight is 375 g/mol. The van der Waals surface area contributed by atoms with Gasteiger partial charge in [-0.3, -0.25) is 4.79 Å². The van der Waals surface area contributed by atoms with Gasteiger partial charge < -0.3 is 18.9 Å². The molecule has 28 heavy (non-hydrogen) atoms. The van der Waals surface area contributed by atoms with Crippen LogP contribution in [0.4, 0.5) is 0 Å². The Morgan fingerprint density at radius 3 is 2.68 bits per heavy atom. The van der Waals surface area contributed by atoms with Gasteiger partial charge in [0.25, 0.3) is 11.4 Å². The summed E-state index contributed by atoms with van der Waals surface area (Å²) in [5.41, 5.74) is 0.833. The number of benzene rings is 2. The third kappa shape index (κ3) is 2.83. The first-order chi connectivity index (χ1) is 13.6. The van der Waals surface area contributed by atoms with Crippen LogP contribution in [0.15, 0.2) is 70.5 Å². The molecule has 7 heteroatoms. The van der Waals surface area contributed by atoms with Gasteiger partial charge in [0.2, 0.25) is 5.82 Å². The van der Waals surface area contributed by atoms with E-state index in [1.54, 1.807) is 61.7 Å². The van der Waals surface area contributed by atoms with Crippen molar-refractivity contribution in [1.82, 2.24) is 14.7 Å². The third-order valence-electron chi connectivity index (χ3n) is 4.45. The smallest absolute Gasteiger partial charge is 0.268 e. The van der Waals surface area contributed by atoms with E-state index in [0.717, 1.165) is 0 Å². The van der Waals surface area contributed by atoms with Gasteiger partial charge in [-0.2, -0.15) is 4.98 Å². The third-order valence-corrected chi connectivity index (χ3v) is 4.45. The van der Waals surface area contributed by atoms with Gasteiger partial charge in [0.1, 0.15) is 17.1 Å². The zero-order valence-electron chi connectivity index (χ0n) is 15.1. The van der Waals surface area contributed by atoms with E-state index in [1.807, 2.05) is 0 Å². The minimum Gasteiger partial charge on any atom is -0.506 e. The molecule has 0 fully saturated rings. The van der Waals surface area contributed by atoms with Gasteiger partial charge in [-0.25, -0.2) is 0 Å². The molecule has 2 heterocycles. The van der Waals surface area contributed by atoms with Crippen LogP contribution in [0.5, 0.6) is 11.5 Å². The van der Waals surface area contributed by atoms with E-state index in [4.69, 9.17) is 9.26 Å². The fraction of sp³-hybridized carbons (Fsp3) is 0.0952. The Labute approximate surface area is 160 Å². The number of allylic oxidation sites excluding steroid dienone is 1. The molecule has 0 saturated carbocycles. The maximum Gasteiger partial charge on any atom is 0.268 e. The molecule has 4 rings (SSSR count). The van der Waals surface area contributed by atoms with Gasteiger partial charge >= 0.3 is 0 Å². The zero-order chi connectivity index (χ0) is 19.7. The number of hydrogen-bond acceptors (Lipinski definition) is 6. The molecule has 4 aromatic rings. The number of rotatable bonds is 5. The van der Waals surface area contributed by atoms with E-state index in [2.05, 4.69) is 16.7 Å². The van der Waals surface area contributed by atoms with Crippen LogP contribution >= 0.6 is 0 Å². The molecule has 0 saturated heterocycles. The second-order valence-corrected chi connectivity index (χ2v) is 6.10. The summed E-state index contributed by atoms with van der Waals surface area (Å²) in [5.74, 6) is 0.773. The van der Waals surface area contributed by atoms with Gasteiger partial charge in [-0.05, 0) is 36.4 Å². The van der Waals surface area contributed by atoms with E-state index in [0.29, 0.717) is 28.0 Å². The number of aromatic hydroxyl groups is 1. The molecule has 0 aliphatic carbocycles. The van der Waals surface area contributed by atoms with E-state index in [1.165, 1.54) is 4.57 Å². The van der Waals surface area contributed by atoms with Crippen molar-refractivity contribution in [3.05, 3.63) is 71.5 Å². The lowest BCUT2D eigenvalue weighted by Gasteiger charge is -2.11. The highest BCUT2D eigenvalue weighted by atomic mass is 16.5. The van der Waals surface area contributed by atoms with E-state index < -0.39 is 5.56 Å². The molecule has 2 aromatic heterocycles. The molecule has 0 bridgehead atoms. The Morgan fingerprint density at radius 2 is 1.96 bits per heavy atom. The molecule has 1 N–H and O–H groups in total. The predicted octanol–water partition coefficient (Wildman–Crippen LogP) is 3.62. The summed E-state index contributed by atoms with van der Waals surface area (Å²) in [5, 5.41) is 15.2. The highest BCUT2D eigenvalue weighted by Gasteiger charge is 2.22. The molecule has 0 amide bonds. The Morgan fingerprint density at radius 1 is 1.21 bits per heavy atom. The lowest BCUT2D eigenvalue weighted by atomic mass is 10.1. The van der Waals surface area contributed by atoms with Crippen molar-refractivity contribution >= 4 is 10.9 Å². The van der Waals surface area contributed by atoms with Crippen LogP contribution in [0, 0.1) is 0 Å². The van der Waals surface area contributed by atoms with E-state index in [-0.39, 0.29) is 23.7 Å². The normalized spacial score (nSPS) is 10.9. The van der Waals surface area contributed by atoms with Crippen molar-refractivity contribution in [3.8, 4) is 34.3 Å². The van der Waals surface area contributed by atoms with Crippen LogP contribution in [0.25, 0.3) is 33.7 Å². The fourth-order valence-electron chi connectivity index (χ4n) is 3.08. The maximum atomic E-state index is 13.0. The Kier molecular flexibility index (Phi) is 4.41.